The Morgan fingerprint density at radius 1 is 1.37 bits per heavy atom. The maximum absolute atomic E-state index is 13.0. The lowest BCUT2D eigenvalue weighted by atomic mass is 9.88. The monoisotopic (exact) mass is 275 g/mol. The van der Waals surface area contributed by atoms with Gasteiger partial charge in [-0.15, -0.1) is 0 Å². The molecule has 6 heteroatoms. The zero-order valence-electron chi connectivity index (χ0n) is 10.8. The van der Waals surface area contributed by atoms with Crippen molar-refractivity contribution in [2.75, 3.05) is 32.2 Å². The zero-order chi connectivity index (χ0) is 14.1. The summed E-state index contributed by atoms with van der Waals surface area (Å²) in [6, 6.07) is 3.91. The number of rotatable bonds is 4. The summed E-state index contributed by atoms with van der Waals surface area (Å²) in [5.41, 5.74) is -0.736. The molecule has 1 aromatic carbocycles. The van der Waals surface area contributed by atoms with E-state index in [0.29, 0.717) is 19.8 Å². The zero-order valence-corrected chi connectivity index (χ0v) is 10.8. The third-order valence-corrected chi connectivity index (χ3v) is 3.14. The van der Waals surface area contributed by atoms with Crippen molar-refractivity contribution in [3.05, 3.63) is 23.8 Å². The van der Waals surface area contributed by atoms with E-state index in [1.54, 1.807) is 0 Å². The van der Waals surface area contributed by atoms with Crippen LogP contribution in [-0.2, 0) is 10.9 Å². The van der Waals surface area contributed by atoms with Crippen LogP contribution in [0.15, 0.2) is 18.2 Å². The minimum Gasteiger partial charge on any atom is -0.497 e. The first-order valence-corrected chi connectivity index (χ1v) is 5.91. The largest absolute Gasteiger partial charge is 0.497 e. The second-order valence-electron chi connectivity index (χ2n) is 5.07. The van der Waals surface area contributed by atoms with Gasteiger partial charge in [0.15, 0.2) is 0 Å². The Labute approximate surface area is 109 Å². The predicted octanol–water partition coefficient (Wildman–Crippen LogP) is 3.16. The van der Waals surface area contributed by atoms with Crippen LogP contribution in [0.3, 0.4) is 0 Å². The van der Waals surface area contributed by atoms with Crippen molar-refractivity contribution in [2.24, 2.45) is 5.41 Å². The second-order valence-corrected chi connectivity index (χ2v) is 5.07. The summed E-state index contributed by atoms with van der Waals surface area (Å²) in [6.45, 7) is 3.55. The molecule has 0 aliphatic carbocycles. The Hall–Kier alpha value is -1.43. The molecule has 106 valence electrons. The van der Waals surface area contributed by atoms with E-state index in [0.717, 1.165) is 6.07 Å². The maximum Gasteiger partial charge on any atom is 0.418 e. The summed E-state index contributed by atoms with van der Waals surface area (Å²) in [5, 5.41) is 2.86. The van der Waals surface area contributed by atoms with E-state index < -0.39 is 11.7 Å². The summed E-state index contributed by atoms with van der Waals surface area (Å²) < 4.78 is 48.8. The van der Waals surface area contributed by atoms with Gasteiger partial charge in [-0.3, -0.25) is 0 Å². The van der Waals surface area contributed by atoms with Gasteiger partial charge >= 0.3 is 6.18 Å². The van der Waals surface area contributed by atoms with Crippen LogP contribution in [0, 0.1) is 5.41 Å². The molecule has 19 heavy (non-hydrogen) atoms. The Morgan fingerprint density at radius 2 is 2.05 bits per heavy atom. The van der Waals surface area contributed by atoms with Gasteiger partial charge in [0.1, 0.15) is 5.75 Å². The topological polar surface area (TPSA) is 30.5 Å². The molecule has 2 rings (SSSR count). The van der Waals surface area contributed by atoms with Gasteiger partial charge in [0, 0.05) is 17.6 Å². The minimum absolute atomic E-state index is 0.0708. The normalized spacial score (nSPS) is 17.7. The lowest BCUT2D eigenvalue weighted by molar-refractivity contribution is -0.137. The smallest absolute Gasteiger partial charge is 0.418 e. The lowest BCUT2D eigenvalue weighted by Crippen LogP contribution is -2.45. The number of halogens is 3. The first-order chi connectivity index (χ1) is 8.84. The highest BCUT2D eigenvalue weighted by molar-refractivity contribution is 5.55. The van der Waals surface area contributed by atoms with Crippen molar-refractivity contribution in [3.63, 3.8) is 0 Å². The number of benzene rings is 1. The fraction of sp³-hybridized carbons (Fsp3) is 0.538. The molecule has 0 saturated carbocycles. The van der Waals surface area contributed by atoms with Crippen molar-refractivity contribution in [1.82, 2.24) is 0 Å². The summed E-state index contributed by atoms with van der Waals surface area (Å²) >= 11 is 0. The minimum atomic E-state index is -4.41. The molecule has 0 aromatic heterocycles. The molecular weight excluding hydrogens is 259 g/mol. The van der Waals surface area contributed by atoms with Gasteiger partial charge in [-0.1, -0.05) is 6.92 Å². The molecule has 0 radical (unpaired) electrons. The Bertz CT molecular complexity index is 456. The first-order valence-electron chi connectivity index (χ1n) is 5.91. The lowest BCUT2D eigenvalue weighted by Gasteiger charge is -2.38. The van der Waals surface area contributed by atoms with Crippen molar-refractivity contribution in [1.29, 1.82) is 0 Å². The fourth-order valence-electron chi connectivity index (χ4n) is 1.90. The van der Waals surface area contributed by atoms with Crippen LogP contribution in [0.25, 0.3) is 0 Å². The molecule has 1 fully saturated rings. The van der Waals surface area contributed by atoms with Crippen LogP contribution < -0.4 is 10.1 Å². The number of hydrogen-bond donors (Lipinski definition) is 1. The van der Waals surface area contributed by atoms with Gasteiger partial charge in [0.25, 0.3) is 0 Å². The van der Waals surface area contributed by atoms with Crippen molar-refractivity contribution in [3.8, 4) is 5.75 Å². The summed E-state index contributed by atoms with van der Waals surface area (Å²) in [4.78, 5) is 0. The van der Waals surface area contributed by atoms with Gasteiger partial charge in [0.2, 0.25) is 0 Å². The number of hydrogen-bond acceptors (Lipinski definition) is 3. The highest BCUT2D eigenvalue weighted by Gasteiger charge is 2.36. The van der Waals surface area contributed by atoms with Gasteiger partial charge in [-0.25, -0.2) is 0 Å². The molecule has 3 nitrogen and oxygen atoms in total. The molecule has 1 aliphatic rings. The highest BCUT2D eigenvalue weighted by atomic mass is 19.4. The van der Waals surface area contributed by atoms with Gasteiger partial charge < -0.3 is 14.8 Å². The maximum atomic E-state index is 13.0. The third kappa shape index (κ3) is 3.12. The van der Waals surface area contributed by atoms with Crippen LogP contribution in [0.4, 0.5) is 18.9 Å². The number of nitrogens with one attached hydrogen (secondary N) is 1. The number of methoxy groups -OCH3 is 1. The summed E-state index contributed by atoms with van der Waals surface area (Å²) in [6.07, 6.45) is -4.41. The van der Waals surface area contributed by atoms with Gasteiger partial charge in [-0.2, -0.15) is 13.2 Å². The van der Waals surface area contributed by atoms with Crippen molar-refractivity contribution in [2.45, 2.75) is 13.1 Å². The standard InChI is InChI=1S/C13H16F3NO2/c1-12(7-19-8-12)6-17-11-4-3-9(18-2)5-10(11)13(14,15)16/h3-5,17H,6-8H2,1-2H3. The van der Waals surface area contributed by atoms with E-state index in [-0.39, 0.29) is 16.9 Å². The van der Waals surface area contributed by atoms with Crippen molar-refractivity contribution < 1.29 is 22.6 Å². The van der Waals surface area contributed by atoms with Crippen LogP contribution in [0.5, 0.6) is 5.75 Å². The van der Waals surface area contributed by atoms with Gasteiger partial charge in [0.05, 0.1) is 25.9 Å². The molecule has 1 N–H and O–H groups in total. The molecule has 1 saturated heterocycles. The average molecular weight is 275 g/mol. The predicted molar refractivity (Wildman–Crippen MR) is 65.4 cm³/mol. The van der Waals surface area contributed by atoms with E-state index in [4.69, 9.17) is 9.47 Å². The molecule has 1 heterocycles. The molecule has 0 unspecified atom stereocenters. The van der Waals surface area contributed by atoms with Gasteiger partial charge in [-0.05, 0) is 18.2 Å². The number of ether oxygens (including phenoxy) is 2. The average Bonchev–Trinajstić information content (AvgIpc) is 2.32. The molecule has 0 spiro atoms. The summed E-state index contributed by atoms with van der Waals surface area (Å²) in [7, 11) is 1.34. The molecule has 0 atom stereocenters. The SMILES string of the molecule is COc1ccc(NCC2(C)COC2)c(C(F)(F)F)c1. The number of alkyl halides is 3. The third-order valence-electron chi connectivity index (χ3n) is 3.14. The van der Waals surface area contributed by atoms with Crippen LogP contribution in [-0.4, -0.2) is 26.9 Å². The molecular formula is C13H16F3NO2. The van der Waals surface area contributed by atoms with E-state index in [9.17, 15) is 13.2 Å². The second kappa shape index (κ2) is 4.92. The Balaban J connectivity index is 2.18. The molecule has 1 aliphatic heterocycles. The van der Waals surface area contributed by atoms with Crippen LogP contribution >= 0.6 is 0 Å². The number of anilines is 1. The summed E-state index contributed by atoms with van der Waals surface area (Å²) in [5.74, 6) is 0.191. The quantitative estimate of drug-likeness (QED) is 0.915. The Morgan fingerprint density at radius 3 is 2.53 bits per heavy atom. The fourth-order valence-corrected chi connectivity index (χ4v) is 1.90. The molecule has 0 amide bonds. The van der Waals surface area contributed by atoms with E-state index in [1.807, 2.05) is 6.92 Å². The Kier molecular flexibility index (Phi) is 3.62. The van der Waals surface area contributed by atoms with Crippen LogP contribution in [0.1, 0.15) is 12.5 Å². The molecule has 1 aromatic rings. The van der Waals surface area contributed by atoms with Crippen LogP contribution in [0.2, 0.25) is 0 Å². The van der Waals surface area contributed by atoms with E-state index in [1.165, 1.54) is 19.2 Å². The molecule has 0 bridgehead atoms. The van der Waals surface area contributed by atoms with E-state index >= 15 is 0 Å². The van der Waals surface area contributed by atoms with Crippen molar-refractivity contribution >= 4 is 5.69 Å². The van der Waals surface area contributed by atoms with E-state index in [2.05, 4.69) is 5.32 Å². The first kappa shape index (κ1) is 14.0. The highest BCUT2D eigenvalue weighted by Crippen LogP contribution is 2.38.